The van der Waals surface area contributed by atoms with E-state index in [1.807, 2.05) is 203 Å². The van der Waals surface area contributed by atoms with E-state index in [0.717, 1.165) is 33.4 Å². The second kappa shape index (κ2) is 49.4. The van der Waals surface area contributed by atoms with E-state index in [1.165, 1.54) is 0 Å². The van der Waals surface area contributed by atoms with E-state index in [0.29, 0.717) is 52.7 Å². The molecule has 38 heteroatoms. The van der Waals surface area contributed by atoms with Gasteiger partial charge in [-0.2, -0.15) is 0 Å². The first-order valence-electron chi connectivity index (χ1n) is 43.1. The fraction of sp³-hybridized carbons (Fsp3) is 0.578. The van der Waals surface area contributed by atoms with E-state index in [-0.39, 0.29) is 125 Å². The number of aliphatic hydroxyl groups excluding tert-OH is 7. The molecular formula is C90H116N10O28. The molecule has 0 saturated carbocycles. The molecule has 17 rings (SSSR count). The van der Waals surface area contributed by atoms with Crippen molar-refractivity contribution < 1.29 is 135 Å². The van der Waals surface area contributed by atoms with Crippen LogP contribution in [-0.4, -0.2) is 286 Å². The van der Waals surface area contributed by atoms with Crippen LogP contribution in [0.15, 0.2) is 197 Å². The molecular weight excluding hydrogens is 1670 g/mol. The van der Waals surface area contributed by atoms with Crippen LogP contribution in [0.1, 0.15) is 106 Å². The fourth-order valence-corrected chi connectivity index (χ4v) is 16.1. The first-order chi connectivity index (χ1) is 62.1. The van der Waals surface area contributed by atoms with Crippen LogP contribution in [0.5, 0.6) is 0 Å². The highest BCUT2D eigenvalue weighted by molar-refractivity contribution is 5.80. The van der Waals surface area contributed by atoms with Crippen molar-refractivity contribution in [1.82, 2.24) is 5.32 Å². The van der Waals surface area contributed by atoms with Crippen molar-refractivity contribution in [3.05, 3.63) is 247 Å². The van der Waals surface area contributed by atoms with Gasteiger partial charge in [0, 0.05) is 54.5 Å². The summed E-state index contributed by atoms with van der Waals surface area (Å²) in [5.41, 5.74) is 32.3. The van der Waals surface area contributed by atoms with Crippen LogP contribution in [0.2, 0.25) is 0 Å². The Balaban J connectivity index is 0.000000144. The summed E-state index contributed by atoms with van der Waals surface area (Å²) < 4.78 is 109. The van der Waals surface area contributed by atoms with Gasteiger partial charge < -0.3 is 131 Å². The Kier molecular flexibility index (Phi) is 37.9. The number of azide groups is 3. The molecule has 11 saturated heterocycles. The summed E-state index contributed by atoms with van der Waals surface area (Å²) >= 11 is 0. The molecule has 694 valence electrons. The molecule has 8 N–H and O–H groups in total. The maximum Gasteiger partial charge on any atom is 0.334 e. The van der Waals surface area contributed by atoms with Gasteiger partial charge in [-0.25, -0.2) is 4.79 Å². The van der Waals surface area contributed by atoms with Crippen molar-refractivity contribution in [2.45, 2.75) is 232 Å². The number of rotatable bonds is 19. The highest BCUT2D eigenvalue weighted by Crippen LogP contribution is 2.41. The number of aliphatic hydroxyl groups is 7. The lowest BCUT2D eigenvalue weighted by atomic mass is 9.89. The lowest BCUT2D eigenvalue weighted by molar-refractivity contribution is -0.314. The van der Waals surface area contributed by atoms with E-state index >= 15 is 0 Å². The van der Waals surface area contributed by atoms with E-state index in [9.17, 15) is 24.9 Å². The Hall–Kier alpha value is -8.81. The molecule has 6 aromatic rings. The van der Waals surface area contributed by atoms with Crippen LogP contribution in [0.4, 0.5) is 0 Å². The molecule has 11 aliphatic heterocycles. The van der Waals surface area contributed by atoms with Gasteiger partial charge in [0.15, 0.2) is 37.6 Å². The van der Waals surface area contributed by atoms with E-state index in [1.54, 1.807) is 20.8 Å². The lowest BCUT2D eigenvalue weighted by Gasteiger charge is -2.45. The molecule has 0 aliphatic carbocycles. The zero-order valence-corrected chi connectivity index (χ0v) is 71.9. The molecule has 1 amide bonds. The second-order valence-corrected chi connectivity index (χ2v) is 32.3. The summed E-state index contributed by atoms with van der Waals surface area (Å²) in [6.07, 6.45) is -14.3. The molecule has 128 heavy (non-hydrogen) atoms. The largest absolute Gasteiger partial charge is 0.464 e. The number of hydrogen-bond donors (Lipinski definition) is 8. The molecule has 11 heterocycles. The maximum absolute atomic E-state index is 12.9. The number of ether oxygens (including phenoxy) is 19. The molecule has 0 aromatic heterocycles. The standard InChI is InChI=1S/C25H30N4O5.C18H23N3O6.C14H17N3O3.C14H18O4.C13H16O5.C6H12O5/c1-16(13-18-9-5-3-6-10-18)27-24(30)17(2)33-22-20(28-29-26)14-31-21-15-32-25(34-23(21)22)19-11-7-4-8-12-19;1-3-23-17(22)11(2)26-15-13(20-21-19)9-24-14-10-25-18(27-16(14)15)12-7-5-4-6-8-12;1-9-11(16-17-15)7-18-12-8-19-14(20-13(9)12)10-5-3-2-4-6-10;1-9-11(15)7-16-12-8-17-14(18-13(9)12)10-5-3-2-4-6-10;14-9-6-16-10-7-17-13(18-12(10)11(9)15)8-4-2-1-3-5-8;7-1-4-6(10)5(9)3(8)2-11-4/h3-12,16-17,20-23,25H,13-15H2,1-2H3,(H,27,30);4-8,11,13-16,18H,3,9-10H2,1-2H3;2-6,9,11-14H,7-8H2,1H3;2-6,9,11-15H,7-8H2,1H3;1-5,9-15H,6-7H2;3-10H,1-2H2/t16-,17+,20?,21?,22+,23+,25?;11-,13?,14?,15-,16-,18?;2*9-,11?,12?,13+,14?;9?,10?,11-,12-,13?;3?,4?,5-,6-/m011111/s1. The third-order valence-electron chi connectivity index (χ3n) is 23.3. The SMILES string of the molecule is CCOC(=O)[C@@H](C)O[C@@H]1C(N=[N+]=[N-])COC2COC(c3ccccc3)O[C@H]21.C[C@@H](Cc1ccccc1)NC(=O)[C@@H](C)O[C@@H]1C(N=[N+]=[N-])COC2COC(c3ccccc3)O[C@H]21.C[C@@H]1C(N=[N+]=[N-])COC2COC(c3ccccc3)O[C@H]21.C[C@@H]1C(O)COC2COC(c3ccccc3)O[C@H]21.OC1COC2COC(c3ccccc3)O[C@H]2[C@@H]1O.OCC1OCC(O)[C@@H](O)[C@@H]1O. The molecule has 0 bridgehead atoms. The van der Waals surface area contributed by atoms with Crippen LogP contribution in [-0.2, 0) is 106 Å². The molecule has 38 nitrogen and oxygen atoms in total. The summed E-state index contributed by atoms with van der Waals surface area (Å²) in [5, 5.41) is 79.5. The third-order valence-corrected chi connectivity index (χ3v) is 23.3. The molecule has 11 aliphatic rings. The number of amides is 1. The van der Waals surface area contributed by atoms with Crippen LogP contribution in [0, 0.1) is 11.8 Å². The number of fused-ring (bicyclic) bond motifs is 5. The van der Waals surface area contributed by atoms with E-state index in [4.69, 9.17) is 127 Å². The highest BCUT2D eigenvalue weighted by atomic mass is 16.8. The number of carbonyl (C=O) groups excluding carboxylic acids is 2. The normalized spacial score (nSPS) is 35.1. The third kappa shape index (κ3) is 26.5. The Morgan fingerprint density at radius 2 is 0.727 bits per heavy atom. The van der Waals surface area contributed by atoms with E-state index < -0.39 is 122 Å². The summed E-state index contributed by atoms with van der Waals surface area (Å²) in [6, 6.07) is 56.7. The summed E-state index contributed by atoms with van der Waals surface area (Å²) in [4.78, 5) is 33.6. The van der Waals surface area contributed by atoms with Gasteiger partial charge in [0.05, 0.1) is 135 Å². The van der Waals surface area contributed by atoms with Crippen molar-refractivity contribution in [2.75, 3.05) is 85.9 Å². The molecule has 6 aromatic carbocycles. The molecule has 11 fully saturated rings. The average Bonchev–Trinajstić information content (AvgIpc) is 0.814. The minimum atomic E-state index is -1.22. The van der Waals surface area contributed by atoms with Gasteiger partial charge in [-0.1, -0.05) is 211 Å². The minimum Gasteiger partial charge on any atom is -0.464 e. The Bertz CT molecular complexity index is 4370. The summed E-state index contributed by atoms with van der Waals surface area (Å²) in [7, 11) is 0. The molecule has 17 unspecified atom stereocenters. The number of nitrogens with zero attached hydrogens (tertiary/aromatic N) is 9. The van der Waals surface area contributed by atoms with Crippen LogP contribution in [0.3, 0.4) is 0 Å². The topological polar surface area (TPSA) is 509 Å². The van der Waals surface area contributed by atoms with Crippen molar-refractivity contribution in [2.24, 2.45) is 27.2 Å². The minimum absolute atomic E-state index is 0.0521. The zero-order chi connectivity index (χ0) is 90.6. The van der Waals surface area contributed by atoms with Gasteiger partial charge in [-0.15, -0.1) is 0 Å². The first kappa shape index (κ1) is 98.2. The van der Waals surface area contributed by atoms with Crippen LogP contribution in [0.25, 0.3) is 31.3 Å². The smallest absolute Gasteiger partial charge is 0.334 e. The summed E-state index contributed by atoms with van der Waals surface area (Å²) in [5.74, 6) is -0.539. The Labute approximate surface area is 740 Å². The molecule has 0 spiro atoms. The predicted octanol–water partition coefficient (Wildman–Crippen LogP) is 8.21. The first-order valence-corrected chi connectivity index (χ1v) is 43.1. The number of carbonyl (C=O) groups is 2. The number of hydrogen-bond acceptors (Lipinski definition) is 31. The number of nitrogens with one attached hydrogen (secondary N) is 1. The van der Waals surface area contributed by atoms with Gasteiger partial charge in [-0.3, -0.25) is 4.79 Å². The van der Waals surface area contributed by atoms with Gasteiger partial charge >= 0.3 is 5.97 Å². The zero-order valence-electron chi connectivity index (χ0n) is 71.9. The van der Waals surface area contributed by atoms with Crippen molar-refractivity contribution in [3.8, 4) is 0 Å². The number of benzene rings is 6. The lowest BCUT2D eigenvalue weighted by Crippen LogP contribution is -2.60. The molecule has 0 radical (unpaired) electrons. The van der Waals surface area contributed by atoms with E-state index in [2.05, 4.69) is 35.4 Å². The summed E-state index contributed by atoms with van der Waals surface area (Å²) in [6.45, 7) is 14.1. The average molecular weight is 1790 g/mol. The van der Waals surface area contributed by atoms with Gasteiger partial charge in [0.1, 0.15) is 91.6 Å². The van der Waals surface area contributed by atoms with Gasteiger partial charge in [0.2, 0.25) is 5.91 Å². The maximum atomic E-state index is 12.9. The second-order valence-electron chi connectivity index (χ2n) is 32.3. The fourth-order valence-electron chi connectivity index (χ4n) is 16.1. The van der Waals surface area contributed by atoms with Crippen LogP contribution < -0.4 is 5.32 Å². The number of esters is 1. The predicted molar refractivity (Wildman–Crippen MR) is 452 cm³/mol. The highest BCUT2D eigenvalue weighted by Gasteiger charge is 2.52. The molecule has 32 atom stereocenters. The Morgan fingerprint density at radius 3 is 1.13 bits per heavy atom. The van der Waals surface area contributed by atoms with Crippen LogP contribution >= 0.6 is 0 Å². The van der Waals surface area contributed by atoms with Crippen molar-refractivity contribution in [1.29, 1.82) is 0 Å². The Morgan fingerprint density at radius 1 is 0.398 bits per heavy atom. The van der Waals surface area contributed by atoms with Crippen molar-refractivity contribution >= 4 is 11.9 Å². The van der Waals surface area contributed by atoms with Crippen molar-refractivity contribution in [3.63, 3.8) is 0 Å². The quantitative estimate of drug-likeness (QED) is 0.0164. The van der Waals surface area contributed by atoms with Gasteiger partial charge in [-0.05, 0) is 62.2 Å². The monoisotopic (exact) mass is 1780 g/mol. The van der Waals surface area contributed by atoms with Gasteiger partial charge in [0.25, 0.3) is 0 Å².